The summed E-state index contributed by atoms with van der Waals surface area (Å²) in [5.41, 5.74) is 4.81. The Balaban J connectivity index is 1.55. The monoisotopic (exact) mass is 350 g/mol. The second kappa shape index (κ2) is 7.63. The van der Waals surface area contributed by atoms with E-state index < -0.39 is 0 Å². The fourth-order valence-corrected chi connectivity index (χ4v) is 3.36. The second-order valence-corrected chi connectivity index (χ2v) is 8.38. The maximum absolute atomic E-state index is 12.8. The minimum Gasteiger partial charge on any atom is -0.336 e. The molecule has 0 radical (unpaired) electrons. The molecule has 0 atom stereocenters. The summed E-state index contributed by atoms with van der Waals surface area (Å²) in [4.78, 5) is 17.2. The van der Waals surface area contributed by atoms with Crippen LogP contribution in [0, 0.1) is 6.92 Å². The quantitative estimate of drug-likeness (QED) is 0.826. The summed E-state index contributed by atoms with van der Waals surface area (Å²) >= 11 is 0. The van der Waals surface area contributed by atoms with E-state index >= 15 is 0 Å². The molecular weight excluding hydrogens is 320 g/mol. The normalized spacial score (nSPS) is 15.9. The number of benzene rings is 2. The van der Waals surface area contributed by atoms with Crippen molar-refractivity contribution in [2.24, 2.45) is 0 Å². The van der Waals surface area contributed by atoms with Gasteiger partial charge in [-0.2, -0.15) is 0 Å². The fourth-order valence-electron chi connectivity index (χ4n) is 3.36. The van der Waals surface area contributed by atoms with E-state index in [1.165, 1.54) is 16.7 Å². The van der Waals surface area contributed by atoms with Crippen molar-refractivity contribution in [3.05, 3.63) is 70.8 Å². The Morgan fingerprint density at radius 1 is 0.885 bits per heavy atom. The molecule has 1 amide bonds. The van der Waals surface area contributed by atoms with E-state index in [4.69, 9.17) is 0 Å². The van der Waals surface area contributed by atoms with Gasteiger partial charge in [0.2, 0.25) is 0 Å². The zero-order valence-electron chi connectivity index (χ0n) is 16.5. The SMILES string of the molecule is Cc1ccc(CN2CCN(C(=O)c3ccc(C(C)(C)C)cc3)CC2)cc1. The highest BCUT2D eigenvalue weighted by Crippen LogP contribution is 2.22. The van der Waals surface area contributed by atoms with Crippen LogP contribution in [0.2, 0.25) is 0 Å². The summed E-state index contributed by atoms with van der Waals surface area (Å²) in [7, 11) is 0. The van der Waals surface area contributed by atoms with Gasteiger partial charge in [-0.1, -0.05) is 62.7 Å². The Bertz CT molecular complexity index is 733. The van der Waals surface area contributed by atoms with Crippen molar-refractivity contribution in [1.29, 1.82) is 0 Å². The van der Waals surface area contributed by atoms with E-state index in [-0.39, 0.29) is 11.3 Å². The molecule has 2 aromatic rings. The largest absolute Gasteiger partial charge is 0.336 e. The van der Waals surface area contributed by atoms with E-state index in [9.17, 15) is 4.79 Å². The van der Waals surface area contributed by atoms with Gasteiger partial charge in [0.1, 0.15) is 0 Å². The molecule has 1 fully saturated rings. The number of carbonyl (C=O) groups excluding carboxylic acids is 1. The van der Waals surface area contributed by atoms with Crippen molar-refractivity contribution < 1.29 is 4.79 Å². The number of rotatable bonds is 3. The molecule has 1 heterocycles. The number of amides is 1. The van der Waals surface area contributed by atoms with Crippen LogP contribution < -0.4 is 0 Å². The van der Waals surface area contributed by atoms with Gasteiger partial charge in [0, 0.05) is 38.3 Å². The minimum absolute atomic E-state index is 0.114. The first kappa shape index (κ1) is 18.7. The lowest BCUT2D eigenvalue weighted by atomic mass is 9.86. The summed E-state index contributed by atoms with van der Waals surface area (Å²) < 4.78 is 0. The molecule has 0 saturated carbocycles. The average Bonchev–Trinajstić information content (AvgIpc) is 2.63. The van der Waals surface area contributed by atoms with E-state index in [2.05, 4.69) is 69.0 Å². The van der Waals surface area contributed by atoms with Gasteiger partial charge in [-0.25, -0.2) is 0 Å². The minimum atomic E-state index is 0.114. The summed E-state index contributed by atoms with van der Waals surface area (Å²) in [6.45, 7) is 13.1. The highest BCUT2D eigenvalue weighted by atomic mass is 16.2. The molecule has 0 unspecified atom stereocenters. The molecule has 3 heteroatoms. The summed E-state index contributed by atoms with van der Waals surface area (Å²) in [6.07, 6.45) is 0. The molecule has 3 nitrogen and oxygen atoms in total. The van der Waals surface area contributed by atoms with Crippen molar-refractivity contribution in [2.75, 3.05) is 26.2 Å². The van der Waals surface area contributed by atoms with Crippen LogP contribution in [0.25, 0.3) is 0 Å². The van der Waals surface area contributed by atoms with Gasteiger partial charge in [-0.3, -0.25) is 9.69 Å². The lowest BCUT2D eigenvalue weighted by molar-refractivity contribution is 0.0628. The van der Waals surface area contributed by atoms with Gasteiger partial charge in [0.05, 0.1) is 0 Å². The van der Waals surface area contributed by atoms with Gasteiger partial charge < -0.3 is 4.90 Å². The topological polar surface area (TPSA) is 23.6 Å². The van der Waals surface area contributed by atoms with Crippen molar-refractivity contribution in [2.45, 2.75) is 39.7 Å². The number of hydrogen-bond donors (Lipinski definition) is 0. The molecule has 0 bridgehead atoms. The van der Waals surface area contributed by atoms with Crippen LogP contribution in [0.4, 0.5) is 0 Å². The smallest absolute Gasteiger partial charge is 0.253 e. The first-order chi connectivity index (χ1) is 12.3. The molecule has 26 heavy (non-hydrogen) atoms. The second-order valence-electron chi connectivity index (χ2n) is 8.38. The fraction of sp³-hybridized carbons (Fsp3) is 0.435. The van der Waals surface area contributed by atoms with Gasteiger partial charge >= 0.3 is 0 Å². The zero-order chi connectivity index (χ0) is 18.7. The van der Waals surface area contributed by atoms with Crippen LogP contribution in [-0.2, 0) is 12.0 Å². The third-order valence-electron chi connectivity index (χ3n) is 5.18. The summed E-state index contributed by atoms with van der Waals surface area (Å²) in [5, 5.41) is 0. The maximum atomic E-state index is 12.8. The predicted molar refractivity (Wildman–Crippen MR) is 108 cm³/mol. The zero-order valence-corrected chi connectivity index (χ0v) is 16.5. The molecule has 2 aromatic carbocycles. The van der Waals surface area contributed by atoms with Crippen LogP contribution in [0.15, 0.2) is 48.5 Å². The van der Waals surface area contributed by atoms with Crippen LogP contribution in [0.1, 0.15) is 47.8 Å². The Morgan fingerprint density at radius 3 is 2.00 bits per heavy atom. The standard InChI is InChI=1S/C23H30N2O/c1-18-5-7-19(8-6-18)17-24-13-15-25(16-14-24)22(26)20-9-11-21(12-10-20)23(2,3)4/h5-12H,13-17H2,1-4H3. The molecule has 1 saturated heterocycles. The Morgan fingerprint density at radius 2 is 1.46 bits per heavy atom. The Kier molecular flexibility index (Phi) is 5.47. The first-order valence-corrected chi connectivity index (χ1v) is 9.51. The third kappa shape index (κ3) is 4.53. The lowest BCUT2D eigenvalue weighted by Crippen LogP contribution is -2.48. The number of hydrogen-bond acceptors (Lipinski definition) is 2. The molecule has 1 aliphatic rings. The first-order valence-electron chi connectivity index (χ1n) is 9.51. The van der Waals surface area contributed by atoms with E-state index in [1.54, 1.807) is 0 Å². The maximum Gasteiger partial charge on any atom is 0.253 e. The van der Waals surface area contributed by atoms with Gasteiger partial charge in [-0.15, -0.1) is 0 Å². The molecule has 0 aliphatic carbocycles. The van der Waals surface area contributed by atoms with Crippen molar-refractivity contribution in [3.8, 4) is 0 Å². The van der Waals surface area contributed by atoms with Crippen molar-refractivity contribution in [1.82, 2.24) is 9.80 Å². The molecular formula is C23H30N2O. The number of nitrogens with zero attached hydrogens (tertiary/aromatic N) is 2. The highest BCUT2D eigenvalue weighted by Gasteiger charge is 2.22. The van der Waals surface area contributed by atoms with Gasteiger partial charge in [0.15, 0.2) is 0 Å². The van der Waals surface area contributed by atoms with E-state index in [1.807, 2.05) is 17.0 Å². The molecule has 1 aliphatic heterocycles. The Hall–Kier alpha value is -2.13. The highest BCUT2D eigenvalue weighted by molar-refractivity contribution is 5.94. The molecule has 138 valence electrons. The van der Waals surface area contributed by atoms with Crippen molar-refractivity contribution in [3.63, 3.8) is 0 Å². The summed E-state index contributed by atoms with van der Waals surface area (Å²) in [6, 6.07) is 16.8. The van der Waals surface area contributed by atoms with Gasteiger partial charge in [-0.05, 0) is 35.6 Å². The number of piperazine rings is 1. The van der Waals surface area contributed by atoms with Gasteiger partial charge in [0.25, 0.3) is 5.91 Å². The lowest BCUT2D eigenvalue weighted by Gasteiger charge is -2.35. The van der Waals surface area contributed by atoms with Crippen molar-refractivity contribution >= 4 is 5.91 Å². The number of aryl methyl sites for hydroxylation is 1. The molecule has 3 rings (SSSR count). The van der Waals surface area contributed by atoms with Crippen LogP contribution in [0.3, 0.4) is 0 Å². The molecule has 0 N–H and O–H groups in total. The predicted octanol–water partition coefficient (Wildman–Crippen LogP) is 4.25. The van der Waals surface area contributed by atoms with E-state index in [0.717, 1.165) is 38.3 Å². The third-order valence-corrected chi connectivity index (χ3v) is 5.18. The van der Waals surface area contributed by atoms with Crippen LogP contribution >= 0.6 is 0 Å². The molecule has 0 aromatic heterocycles. The average molecular weight is 351 g/mol. The Labute approximate surface area is 157 Å². The van der Waals surface area contributed by atoms with Crippen LogP contribution in [0.5, 0.6) is 0 Å². The summed E-state index contributed by atoms with van der Waals surface area (Å²) in [5.74, 6) is 0.153. The van der Waals surface area contributed by atoms with E-state index in [0.29, 0.717) is 0 Å². The number of carbonyl (C=O) groups is 1. The molecule has 0 spiro atoms. The van der Waals surface area contributed by atoms with Crippen LogP contribution in [-0.4, -0.2) is 41.9 Å².